The van der Waals surface area contributed by atoms with Crippen molar-refractivity contribution in [1.29, 1.82) is 0 Å². The highest BCUT2D eigenvalue weighted by molar-refractivity contribution is 6.06. The quantitative estimate of drug-likeness (QED) is 0.771. The van der Waals surface area contributed by atoms with Crippen LogP contribution in [0.4, 0.5) is 13.2 Å². The fourth-order valence-electron chi connectivity index (χ4n) is 2.73. The lowest BCUT2D eigenvalue weighted by Gasteiger charge is -2.14. The van der Waals surface area contributed by atoms with Crippen molar-refractivity contribution in [3.63, 3.8) is 0 Å². The predicted molar refractivity (Wildman–Crippen MR) is 91.5 cm³/mol. The van der Waals surface area contributed by atoms with Gasteiger partial charge in [0.2, 0.25) is 0 Å². The molecule has 0 unspecified atom stereocenters. The second-order valence-corrected chi connectivity index (χ2v) is 6.23. The highest BCUT2D eigenvalue weighted by Gasteiger charge is 2.34. The molecule has 5 nitrogen and oxygen atoms in total. The first-order chi connectivity index (χ1) is 12.2. The van der Waals surface area contributed by atoms with Crippen LogP contribution in [0.25, 0.3) is 22.3 Å². The van der Waals surface area contributed by atoms with Gasteiger partial charge in [0, 0.05) is 18.7 Å². The summed E-state index contributed by atoms with van der Waals surface area (Å²) in [4.78, 5) is 16.9. The molecule has 1 N–H and O–H groups in total. The maximum Gasteiger partial charge on any atom is 0.417 e. The molecule has 2 heterocycles. The molecule has 3 aromatic rings. The highest BCUT2D eigenvalue weighted by Crippen LogP contribution is 2.37. The number of carbonyl (C=O) groups is 1. The van der Waals surface area contributed by atoms with Gasteiger partial charge in [-0.15, -0.1) is 0 Å². The Labute approximate surface area is 147 Å². The molecular formula is C18H17F3N4O. The zero-order valence-electron chi connectivity index (χ0n) is 14.4. The highest BCUT2D eigenvalue weighted by atomic mass is 19.4. The van der Waals surface area contributed by atoms with Gasteiger partial charge in [-0.3, -0.25) is 9.48 Å². The standard InChI is InChI=1S/C18H17F3N4O/c1-10(2)23-17(26)12-8-15(24-16-13(12)9-22-25(16)3)11-6-4-5-7-14(11)18(19,20)21/h4-10H,1-3H3,(H,23,26). The van der Waals surface area contributed by atoms with Crippen LogP contribution in [0.3, 0.4) is 0 Å². The van der Waals surface area contributed by atoms with Gasteiger partial charge >= 0.3 is 6.18 Å². The molecule has 0 aliphatic carbocycles. The molecule has 3 rings (SSSR count). The average Bonchev–Trinajstić information content (AvgIpc) is 2.94. The molecule has 8 heteroatoms. The number of fused-ring (bicyclic) bond motifs is 1. The Balaban J connectivity index is 2.26. The van der Waals surface area contributed by atoms with Gasteiger partial charge in [0.05, 0.1) is 28.4 Å². The number of hydrogen-bond acceptors (Lipinski definition) is 3. The summed E-state index contributed by atoms with van der Waals surface area (Å²) in [6.45, 7) is 3.61. The van der Waals surface area contributed by atoms with Crippen molar-refractivity contribution in [1.82, 2.24) is 20.1 Å². The minimum Gasteiger partial charge on any atom is -0.350 e. The fraction of sp³-hybridized carbons (Fsp3) is 0.278. The molecule has 136 valence electrons. The van der Waals surface area contributed by atoms with Gasteiger partial charge < -0.3 is 5.32 Å². The SMILES string of the molecule is CC(C)NC(=O)c1cc(-c2ccccc2C(F)(F)F)nc2c1cnn2C. The number of alkyl halides is 3. The zero-order valence-corrected chi connectivity index (χ0v) is 14.4. The fourth-order valence-corrected chi connectivity index (χ4v) is 2.73. The summed E-state index contributed by atoms with van der Waals surface area (Å²) in [6, 6.07) is 6.44. The molecule has 0 aliphatic rings. The molecule has 0 bridgehead atoms. The lowest BCUT2D eigenvalue weighted by Crippen LogP contribution is -2.30. The Morgan fingerprint density at radius 3 is 2.58 bits per heavy atom. The van der Waals surface area contributed by atoms with E-state index in [4.69, 9.17) is 0 Å². The number of rotatable bonds is 3. The maximum absolute atomic E-state index is 13.4. The van der Waals surface area contributed by atoms with Crippen molar-refractivity contribution in [2.75, 3.05) is 0 Å². The maximum atomic E-state index is 13.4. The summed E-state index contributed by atoms with van der Waals surface area (Å²) in [6.07, 6.45) is -3.04. The molecular weight excluding hydrogens is 345 g/mol. The molecule has 0 saturated carbocycles. The summed E-state index contributed by atoms with van der Waals surface area (Å²) in [5.41, 5.74) is -0.231. The third-order valence-electron chi connectivity index (χ3n) is 3.88. The number of benzene rings is 1. The Hall–Kier alpha value is -2.90. The number of amides is 1. The molecule has 1 aromatic carbocycles. The molecule has 0 radical (unpaired) electrons. The number of pyridine rings is 1. The van der Waals surface area contributed by atoms with Gasteiger partial charge in [0.1, 0.15) is 0 Å². The van der Waals surface area contributed by atoms with E-state index in [1.54, 1.807) is 20.9 Å². The summed E-state index contributed by atoms with van der Waals surface area (Å²) < 4.78 is 41.6. The van der Waals surface area contributed by atoms with Crippen LogP contribution in [-0.4, -0.2) is 26.7 Å². The number of nitrogens with zero attached hydrogens (tertiary/aromatic N) is 3. The smallest absolute Gasteiger partial charge is 0.350 e. The number of hydrogen-bond donors (Lipinski definition) is 1. The summed E-state index contributed by atoms with van der Waals surface area (Å²) in [5, 5.41) is 7.32. The number of nitrogens with one attached hydrogen (secondary N) is 1. The first-order valence-electron chi connectivity index (χ1n) is 7.98. The minimum atomic E-state index is -4.53. The van der Waals surface area contributed by atoms with Crippen LogP contribution in [0.5, 0.6) is 0 Å². The first-order valence-corrected chi connectivity index (χ1v) is 7.98. The third-order valence-corrected chi connectivity index (χ3v) is 3.88. The van der Waals surface area contributed by atoms with Crippen LogP contribution in [0.1, 0.15) is 29.8 Å². The molecule has 0 fully saturated rings. The average molecular weight is 362 g/mol. The van der Waals surface area contributed by atoms with Crippen LogP contribution < -0.4 is 5.32 Å². The van der Waals surface area contributed by atoms with Crippen LogP contribution in [0, 0.1) is 0 Å². The van der Waals surface area contributed by atoms with E-state index in [-0.39, 0.29) is 28.8 Å². The lowest BCUT2D eigenvalue weighted by molar-refractivity contribution is -0.137. The Kier molecular flexibility index (Phi) is 4.43. The van der Waals surface area contributed by atoms with Gasteiger partial charge in [0.15, 0.2) is 5.65 Å². The lowest BCUT2D eigenvalue weighted by atomic mass is 10.0. The normalized spacial score (nSPS) is 12.0. The van der Waals surface area contributed by atoms with Crippen LogP contribution in [0.15, 0.2) is 36.5 Å². The van der Waals surface area contributed by atoms with E-state index in [9.17, 15) is 18.0 Å². The molecule has 2 aromatic heterocycles. The van der Waals surface area contributed by atoms with E-state index in [1.807, 2.05) is 0 Å². The van der Waals surface area contributed by atoms with Gasteiger partial charge in [-0.05, 0) is 26.0 Å². The van der Waals surface area contributed by atoms with Crippen LogP contribution in [0.2, 0.25) is 0 Å². The minimum absolute atomic E-state index is 0.0722. The van der Waals surface area contributed by atoms with Gasteiger partial charge in [-0.1, -0.05) is 18.2 Å². The van der Waals surface area contributed by atoms with E-state index in [0.29, 0.717) is 11.0 Å². The van der Waals surface area contributed by atoms with Crippen molar-refractivity contribution in [3.05, 3.63) is 47.7 Å². The van der Waals surface area contributed by atoms with E-state index < -0.39 is 11.7 Å². The molecule has 0 aliphatic heterocycles. The Bertz CT molecular complexity index is 976. The first kappa shape index (κ1) is 17.9. The second-order valence-electron chi connectivity index (χ2n) is 6.23. The monoisotopic (exact) mass is 362 g/mol. The number of halogens is 3. The van der Waals surface area contributed by atoms with Crippen molar-refractivity contribution in [2.45, 2.75) is 26.1 Å². The largest absolute Gasteiger partial charge is 0.417 e. The number of aryl methyl sites for hydroxylation is 1. The molecule has 0 atom stereocenters. The van der Waals surface area contributed by atoms with Crippen LogP contribution in [-0.2, 0) is 13.2 Å². The van der Waals surface area contributed by atoms with Gasteiger partial charge in [0.25, 0.3) is 5.91 Å². The molecule has 26 heavy (non-hydrogen) atoms. The topological polar surface area (TPSA) is 59.8 Å². The van der Waals surface area contributed by atoms with E-state index in [0.717, 1.165) is 6.07 Å². The van der Waals surface area contributed by atoms with E-state index in [1.165, 1.54) is 35.1 Å². The van der Waals surface area contributed by atoms with E-state index in [2.05, 4.69) is 15.4 Å². The molecule has 0 spiro atoms. The Morgan fingerprint density at radius 1 is 1.23 bits per heavy atom. The predicted octanol–water partition coefficient (Wildman–Crippen LogP) is 3.79. The Morgan fingerprint density at radius 2 is 1.92 bits per heavy atom. The van der Waals surface area contributed by atoms with Gasteiger partial charge in [-0.25, -0.2) is 4.98 Å². The number of carbonyl (C=O) groups excluding carboxylic acids is 1. The molecule has 0 saturated heterocycles. The van der Waals surface area contributed by atoms with Gasteiger partial charge in [-0.2, -0.15) is 18.3 Å². The zero-order chi connectivity index (χ0) is 19.1. The van der Waals surface area contributed by atoms with Crippen molar-refractivity contribution in [3.8, 4) is 11.3 Å². The number of aromatic nitrogens is 3. The van der Waals surface area contributed by atoms with E-state index >= 15 is 0 Å². The van der Waals surface area contributed by atoms with Crippen molar-refractivity contribution < 1.29 is 18.0 Å². The van der Waals surface area contributed by atoms with Crippen molar-refractivity contribution >= 4 is 16.9 Å². The van der Waals surface area contributed by atoms with Crippen LogP contribution >= 0.6 is 0 Å². The third kappa shape index (κ3) is 3.26. The second kappa shape index (κ2) is 6.44. The molecule has 1 amide bonds. The van der Waals surface area contributed by atoms with Crippen molar-refractivity contribution in [2.24, 2.45) is 7.05 Å². The summed E-state index contributed by atoms with van der Waals surface area (Å²) in [7, 11) is 1.62. The summed E-state index contributed by atoms with van der Waals surface area (Å²) in [5.74, 6) is -0.383. The summed E-state index contributed by atoms with van der Waals surface area (Å²) >= 11 is 0.